The lowest BCUT2D eigenvalue weighted by Gasteiger charge is -2.25. The van der Waals surface area contributed by atoms with Gasteiger partial charge in [0.15, 0.2) is 0 Å². The van der Waals surface area contributed by atoms with Gasteiger partial charge in [0.05, 0.1) is 0 Å². The molecule has 0 aliphatic rings. The molecule has 0 saturated carbocycles. The predicted octanol–water partition coefficient (Wildman–Crippen LogP) is 3.50. The topological polar surface area (TPSA) is 3.24 Å². The Labute approximate surface area is 84.5 Å². The van der Waals surface area contributed by atoms with E-state index in [0.29, 0.717) is 0 Å². The first-order valence-corrected chi connectivity index (χ1v) is 5.84. The fourth-order valence-electron chi connectivity index (χ4n) is 1.69. The summed E-state index contributed by atoms with van der Waals surface area (Å²) < 4.78 is 0. The van der Waals surface area contributed by atoms with Crippen LogP contribution in [0.2, 0.25) is 0 Å². The highest BCUT2D eigenvalue weighted by molar-refractivity contribution is 4.89. The molecule has 0 aromatic carbocycles. The smallest absolute Gasteiger partial charge is 0.00436 e. The van der Waals surface area contributed by atoms with Crippen LogP contribution in [0.3, 0.4) is 0 Å². The molecule has 0 amide bonds. The molecule has 0 N–H and O–H groups in total. The quantitative estimate of drug-likeness (QED) is 0.558. The number of nitrogens with zero attached hydrogens (tertiary/aromatic N) is 1. The molecule has 0 heterocycles. The van der Waals surface area contributed by atoms with Crippen LogP contribution in [0.5, 0.6) is 0 Å². The maximum absolute atomic E-state index is 2.59. The van der Waals surface area contributed by atoms with Crippen molar-refractivity contribution in [1.82, 2.24) is 4.90 Å². The summed E-state index contributed by atoms with van der Waals surface area (Å²) in [6.07, 6.45) is 5.06. The molecule has 1 nitrogen and oxygen atoms in total. The molecule has 0 aromatic heterocycles. The van der Waals surface area contributed by atoms with Crippen LogP contribution in [0.15, 0.2) is 0 Å². The minimum atomic E-state index is 1.23. The van der Waals surface area contributed by atoms with E-state index in [1.54, 1.807) is 5.92 Å². The number of rotatable bonds is 8. The third kappa shape index (κ3) is 6.09. The predicted molar refractivity (Wildman–Crippen MR) is 60.8 cm³/mol. The second-order valence-electron chi connectivity index (χ2n) is 3.73. The minimum Gasteiger partial charge on any atom is -0.303 e. The van der Waals surface area contributed by atoms with Gasteiger partial charge >= 0.3 is 0 Å². The van der Waals surface area contributed by atoms with Crippen molar-refractivity contribution in [3.05, 3.63) is 5.92 Å². The Bertz CT molecular complexity index is 91.3. The fourth-order valence-corrected chi connectivity index (χ4v) is 1.69. The average molecular weight is 184 g/mol. The molecule has 0 spiro atoms. The third-order valence-corrected chi connectivity index (χ3v) is 2.53. The third-order valence-electron chi connectivity index (χ3n) is 2.53. The van der Waals surface area contributed by atoms with Crippen LogP contribution in [0.4, 0.5) is 0 Å². The Morgan fingerprint density at radius 2 is 1.31 bits per heavy atom. The largest absolute Gasteiger partial charge is 0.303 e. The van der Waals surface area contributed by atoms with Gasteiger partial charge in [0.1, 0.15) is 0 Å². The van der Waals surface area contributed by atoms with E-state index in [-0.39, 0.29) is 0 Å². The van der Waals surface area contributed by atoms with Gasteiger partial charge < -0.3 is 4.90 Å². The molecule has 0 fully saturated rings. The van der Waals surface area contributed by atoms with Crippen LogP contribution in [-0.2, 0) is 0 Å². The van der Waals surface area contributed by atoms with Crippen LogP contribution >= 0.6 is 0 Å². The van der Waals surface area contributed by atoms with Gasteiger partial charge in [-0.15, -0.1) is 0 Å². The molecule has 0 bridgehead atoms. The van der Waals surface area contributed by atoms with Crippen molar-refractivity contribution in [3.8, 4) is 0 Å². The average Bonchev–Trinajstić information content (AvgIpc) is 2.14. The maximum Gasteiger partial charge on any atom is 0.00436 e. The van der Waals surface area contributed by atoms with Gasteiger partial charge in [0.25, 0.3) is 0 Å². The Kier molecular flexibility index (Phi) is 8.53. The lowest BCUT2D eigenvalue weighted by Crippen LogP contribution is -2.29. The molecule has 1 heteroatoms. The van der Waals surface area contributed by atoms with E-state index >= 15 is 0 Å². The first-order valence-electron chi connectivity index (χ1n) is 5.84. The fraction of sp³-hybridized carbons (Fsp3) is 0.917. The van der Waals surface area contributed by atoms with Crippen molar-refractivity contribution in [3.63, 3.8) is 0 Å². The Morgan fingerprint density at radius 1 is 0.846 bits per heavy atom. The van der Waals surface area contributed by atoms with E-state index in [4.69, 9.17) is 0 Å². The van der Waals surface area contributed by atoms with Crippen LogP contribution in [0, 0.1) is 5.92 Å². The van der Waals surface area contributed by atoms with Gasteiger partial charge in [-0.2, -0.15) is 0 Å². The SMILES string of the molecule is CCCN(CCC)C[C](CC)CC. The van der Waals surface area contributed by atoms with Crippen molar-refractivity contribution >= 4 is 0 Å². The highest BCUT2D eigenvalue weighted by Gasteiger charge is 2.09. The van der Waals surface area contributed by atoms with Crippen LogP contribution < -0.4 is 0 Å². The summed E-state index contributed by atoms with van der Waals surface area (Å²) in [6, 6.07) is 0. The first kappa shape index (κ1) is 13.0. The summed E-state index contributed by atoms with van der Waals surface area (Å²) >= 11 is 0. The summed E-state index contributed by atoms with van der Waals surface area (Å²) in [6.45, 7) is 12.8. The van der Waals surface area contributed by atoms with Crippen molar-refractivity contribution in [2.45, 2.75) is 53.4 Å². The van der Waals surface area contributed by atoms with Crippen LogP contribution in [0.25, 0.3) is 0 Å². The normalized spacial score (nSPS) is 11.5. The number of hydrogen-bond acceptors (Lipinski definition) is 1. The summed E-state index contributed by atoms with van der Waals surface area (Å²) in [4.78, 5) is 2.59. The second kappa shape index (κ2) is 8.55. The van der Waals surface area contributed by atoms with Gasteiger partial charge in [0, 0.05) is 6.54 Å². The molecule has 0 atom stereocenters. The lowest BCUT2D eigenvalue weighted by molar-refractivity contribution is 0.278. The van der Waals surface area contributed by atoms with Crippen LogP contribution in [0.1, 0.15) is 53.4 Å². The molecule has 13 heavy (non-hydrogen) atoms. The van der Waals surface area contributed by atoms with Crippen molar-refractivity contribution < 1.29 is 0 Å². The van der Waals surface area contributed by atoms with Crippen molar-refractivity contribution in [1.29, 1.82) is 0 Å². The molecule has 0 aromatic rings. The Morgan fingerprint density at radius 3 is 1.62 bits per heavy atom. The summed E-state index contributed by atoms with van der Waals surface area (Å²) in [5, 5.41) is 0. The van der Waals surface area contributed by atoms with Gasteiger partial charge in [-0.1, -0.05) is 27.7 Å². The highest BCUT2D eigenvalue weighted by Crippen LogP contribution is 2.12. The zero-order valence-corrected chi connectivity index (χ0v) is 9.90. The summed E-state index contributed by atoms with van der Waals surface area (Å²) in [5.74, 6) is 1.70. The van der Waals surface area contributed by atoms with Gasteiger partial charge in [-0.05, 0) is 44.7 Å². The van der Waals surface area contributed by atoms with E-state index in [2.05, 4.69) is 32.6 Å². The van der Waals surface area contributed by atoms with E-state index < -0.39 is 0 Å². The molecular weight excluding hydrogens is 158 g/mol. The minimum absolute atomic E-state index is 1.23. The second-order valence-corrected chi connectivity index (χ2v) is 3.73. The highest BCUT2D eigenvalue weighted by atomic mass is 15.1. The molecule has 0 saturated heterocycles. The van der Waals surface area contributed by atoms with Gasteiger partial charge in [-0.25, -0.2) is 0 Å². The standard InChI is InChI=1S/C12H26N/c1-5-9-13(10-6-2)11-12(7-3)8-4/h5-11H2,1-4H3. The molecule has 79 valence electrons. The summed E-state index contributed by atoms with van der Waals surface area (Å²) in [5.41, 5.74) is 0. The Balaban J connectivity index is 3.76. The molecular formula is C12H26N. The number of hydrogen-bond donors (Lipinski definition) is 0. The zero-order chi connectivity index (χ0) is 10.1. The maximum atomic E-state index is 2.59. The van der Waals surface area contributed by atoms with Crippen molar-refractivity contribution in [2.75, 3.05) is 19.6 Å². The molecule has 0 rings (SSSR count). The first-order chi connectivity index (χ1) is 6.28. The molecule has 0 aliphatic heterocycles. The lowest BCUT2D eigenvalue weighted by atomic mass is 10.0. The van der Waals surface area contributed by atoms with Crippen molar-refractivity contribution in [2.24, 2.45) is 0 Å². The zero-order valence-electron chi connectivity index (χ0n) is 9.90. The Hall–Kier alpha value is -0.0400. The van der Waals surface area contributed by atoms with Gasteiger partial charge in [-0.3, -0.25) is 0 Å². The molecule has 0 aliphatic carbocycles. The van der Waals surface area contributed by atoms with Crippen LogP contribution in [-0.4, -0.2) is 24.5 Å². The van der Waals surface area contributed by atoms with E-state index in [0.717, 1.165) is 0 Å². The monoisotopic (exact) mass is 184 g/mol. The van der Waals surface area contributed by atoms with E-state index in [1.165, 1.54) is 45.3 Å². The molecule has 1 radical (unpaired) electrons. The summed E-state index contributed by atoms with van der Waals surface area (Å²) in [7, 11) is 0. The van der Waals surface area contributed by atoms with E-state index in [1.807, 2.05) is 0 Å². The molecule has 0 unspecified atom stereocenters. The van der Waals surface area contributed by atoms with E-state index in [9.17, 15) is 0 Å². The van der Waals surface area contributed by atoms with Gasteiger partial charge in [0.2, 0.25) is 0 Å².